The van der Waals surface area contributed by atoms with Crippen LogP contribution in [-0.2, 0) is 7.05 Å². The van der Waals surface area contributed by atoms with Crippen molar-refractivity contribution in [2.24, 2.45) is 18.9 Å². The Bertz CT molecular complexity index is 358. The minimum absolute atomic E-state index is 0.409. The number of rotatable bonds is 4. The van der Waals surface area contributed by atoms with Crippen LogP contribution in [0.1, 0.15) is 51.6 Å². The summed E-state index contributed by atoms with van der Waals surface area (Å²) in [5.41, 5.74) is 1.29. The lowest BCUT2D eigenvalue weighted by Crippen LogP contribution is -2.34. The van der Waals surface area contributed by atoms with E-state index in [4.69, 9.17) is 0 Å². The molecule has 4 atom stereocenters. The topological polar surface area (TPSA) is 29.9 Å². The summed E-state index contributed by atoms with van der Waals surface area (Å²) in [6.07, 6.45) is 8.10. The molecule has 17 heavy (non-hydrogen) atoms. The van der Waals surface area contributed by atoms with Gasteiger partial charge in [0.15, 0.2) is 0 Å². The molecule has 4 unspecified atom stereocenters. The summed E-state index contributed by atoms with van der Waals surface area (Å²) in [4.78, 5) is 0. The summed E-state index contributed by atoms with van der Waals surface area (Å²) in [6, 6.07) is 1.09. The molecule has 1 aliphatic rings. The van der Waals surface area contributed by atoms with Crippen molar-refractivity contribution in [3.05, 3.63) is 18.0 Å². The predicted molar refractivity (Wildman–Crippen MR) is 70.7 cm³/mol. The molecule has 1 aliphatic carbocycles. The molecular formula is C14H25N3. The molecule has 1 heterocycles. The van der Waals surface area contributed by atoms with Gasteiger partial charge in [-0.05, 0) is 31.6 Å². The van der Waals surface area contributed by atoms with Gasteiger partial charge < -0.3 is 5.32 Å². The van der Waals surface area contributed by atoms with Gasteiger partial charge >= 0.3 is 0 Å². The second kappa shape index (κ2) is 5.21. The first-order valence-corrected chi connectivity index (χ1v) is 6.86. The van der Waals surface area contributed by atoms with Gasteiger partial charge in [-0.2, -0.15) is 5.10 Å². The molecule has 2 rings (SSSR count). The zero-order valence-electron chi connectivity index (χ0n) is 11.5. The summed E-state index contributed by atoms with van der Waals surface area (Å²) in [5.74, 6) is 1.72. The van der Waals surface area contributed by atoms with Crippen molar-refractivity contribution in [2.75, 3.05) is 0 Å². The van der Waals surface area contributed by atoms with Crippen molar-refractivity contribution < 1.29 is 0 Å². The van der Waals surface area contributed by atoms with Gasteiger partial charge in [-0.3, -0.25) is 4.68 Å². The molecule has 3 nitrogen and oxygen atoms in total. The Hall–Kier alpha value is -0.830. The molecule has 1 N–H and O–H groups in total. The number of hydrogen-bond acceptors (Lipinski definition) is 2. The normalized spacial score (nSPS) is 30.7. The van der Waals surface area contributed by atoms with E-state index in [1.54, 1.807) is 0 Å². The van der Waals surface area contributed by atoms with Gasteiger partial charge in [-0.25, -0.2) is 0 Å². The minimum Gasteiger partial charge on any atom is -0.307 e. The van der Waals surface area contributed by atoms with E-state index in [0.717, 1.165) is 11.8 Å². The third-order valence-corrected chi connectivity index (χ3v) is 4.44. The molecule has 0 aliphatic heterocycles. The summed E-state index contributed by atoms with van der Waals surface area (Å²) in [6.45, 7) is 6.95. The Labute approximate surface area is 105 Å². The van der Waals surface area contributed by atoms with E-state index < -0.39 is 0 Å². The molecule has 0 amide bonds. The predicted octanol–water partition coefficient (Wildman–Crippen LogP) is 2.90. The highest BCUT2D eigenvalue weighted by molar-refractivity contribution is 5.09. The van der Waals surface area contributed by atoms with E-state index in [1.165, 1.54) is 24.8 Å². The van der Waals surface area contributed by atoms with Crippen LogP contribution in [0, 0.1) is 11.8 Å². The van der Waals surface area contributed by atoms with E-state index >= 15 is 0 Å². The van der Waals surface area contributed by atoms with Gasteiger partial charge in [0.2, 0.25) is 0 Å². The van der Waals surface area contributed by atoms with Gasteiger partial charge in [0.1, 0.15) is 0 Å². The van der Waals surface area contributed by atoms with Crippen LogP contribution in [0.25, 0.3) is 0 Å². The van der Waals surface area contributed by atoms with Crippen LogP contribution in [0.2, 0.25) is 0 Å². The van der Waals surface area contributed by atoms with Crippen LogP contribution in [0.5, 0.6) is 0 Å². The first-order valence-electron chi connectivity index (χ1n) is 6.86. The van der Waals surface area contributed by atoms with Gasteiger partial charge in [0.05, 0.1) is 6.20 Å². The molecule has 0 spiro atoms. The fourth-order valence-electron chi connectivity index (χ4n) is 3.14. The van der Waals surface area contributed by atoms with E-state index in [1.807, 2.05) is 17.9 Å². The monoisotopic (exact) mass is 235 g/mol. The number of nitrogens with one attached hydrogen (secondary N) is 1. The molecule has 96 valence electrons. The standard InChI is InChI=1S/C14H25N3/c1-5-12-6-7-14(10(12)2)16-11(3)13-8-15-17(4)9-13/h8-12,14,16H,5-7H2,1-4H3. The van der Waals surface area contributed by atoms with Crippen LogP contribution < -0.4 is 5.32 Å². The Morgan fingerprint density at radius 2 is 2.29 bits per heavy atom. The first kappa shape index (κ1) is 12.6. The molecule has 0 radical (unpaired) electrons. The van der Waals surface area contributed by atoms with Gasteiger partial charge in [-0.1, -0.05) is 20.3 Å². The summed E-state index contributed by atoms with van der Waals surface area (Å²) < 4.78 is 1.88. The lowest BCUT2D eigenvalue weighted by atomic mass is 9.93. The highest BCUT2D eigenvalue weighted by Crippen LogP contribution is 2.34. The van der Waals surface area contributed by atoms with Crippen LogP contribution in [0.3, 0.4) is 0 Å². The van der Waals surface area contributed by atoms with E-state index in [9.17, 15) is 0 Å². The van der Waals surface area contributed by atoms with Crippen molar-refractivity contribution in [3.8, 4) is 0 Å². The average molecular weight is 235 g/mol. The number of hydrogen-bond donors (Lipinski definition) is 1. The maximum absolute atomic E-state index is 4.24. The van der Waals surface area contributed by atoms with Crippen molar-refractivity contribution in [1.82, 2.24) is 15.1 Å². The quantitative estimate of drug-likeness (QED) is 0.869. The second-order valence-corrected chi connectivity index (χ2v) is 5.55. The van der Waals surface area contributed by atoms with Crippen molar-refractivity contribution in [3.63, 3.8) is 0 Å². The summed E-state index contributed by atoms with van der Waals surface area (Å²) >= 11 is 0. The number of aromatic nitrogens is 2. The number of aryl methyl sites for hydroxylation is 1. The number of nitrogens with zero attached hydrogens (tertiary/aromatic N) is 2. The van der Waals surface area contributed by atoms with Crippen LogP contribution in [-0.4, -0.2) is 15.8 Å². The van der Waals surface area contributed by atoms with Crippen LogP contribution in [0.4, 0.5) is 0 Å². The highest BCUT2D eigenvalue weighted by Gasteiger charge is 2.32. The first-order chi connectivity index (χ1) is 8.11. The average Bonchev–Trinajstić information content (AvgIpc) is 2.87. The van der Waals surface area contributed by atoms with Gasteiger partial charge in [0, 0.05) is 30.9 Å². The molecule has 1 saturated carbocycles. The van der Waals surface area contributed by atoms with Gasteiger partial charge in [0.25, 0.3) is 0 Å². The molecule has 0 aromatic carbocycles. The maximum atomic E-state index is 4.24. The third kappa shape index (κ3) is 2.71. The molecule has 1 aromatic heterocycles. The molecule has 0 bridgehead atoms. The second-order valence-electron chi connectivity index (χ2n) is 5.55. The minimum atomic E-state index is 0.409. The maximum Gasteiger partial charge on any atom is 0.0537 e. The smallest absolute Gasteiger partial charge is 0.0537 e. The molecule has 3 heteroatoms. The summed E-state index contributed by atoms with van der Waals surface area (Å²) in [7, 11) is 1.97. The van der Waals surface area contributed by atoms with Crippen molar-refractivity contribution in [1.29, 1.82) is 0 Å². The SMILES string of the molecule is CCC1CCC(NC(C)c2cnn(C)c2)C1C. The largest absolute Gasteiger partial charge is 0.307 e. The zero-order chi connectivity index (χ0) is 12.4. The summed E-state index contributed by atoms with van der Waals surface area (Å²) in [5, 5.41) is 8.01. The van der Waals surface area contributed by atoms with Crippen molar-refractivity contribution in [2.45, 2.75) is 52.1 Å². The van der Waals surface area contributed by atoms with Crippen LogP contribution in [0.15, 0.2) is 12.4 Å². The fraction of sp³-hybridized carbons (Fsp3) is 0.786. The lowest BCUT2D eigenvalue weighted by Gasteiger charge is -2.24. The molecule has 1 fully saturated rings. The van der Waals surface area contributed by atoms with Crippen LogP contribution >= 0.6 is 0 Å². The Kier molecular flexibility index (Phi) is 3.87. The zero-order valence-corrected chi connectivity index (χ0v) is 11.5. The van der Waals surface area contributed by atoms with Gasteiger partial charge in [-0.15, -0.1) is 0 Å². The highest BCUT2D eigenvalue weighted by atomic mass is 15.2. The third-order valence-electron chi connectivity index (χ3n) is 4.44. The Morgan fingerprint density at radius 1 is 1.53 bits per heavy atom. The molecule has 0 saturated heterocycles. The van der Waals surface area contributed by atoms with E-state index in [2.05, 4.69) is 37.4 Å². The molecular weight excluding hydrogens is 210 g/mol. The van der Waals surface area contributed by atoms with Crippen molar-refractivity contribution >= 4 is 0 Å². The van der Waals surface area contributed by atoms with E-state index in [-0.39, 0.29) is 0 Å². The lowest BCUT2D eigenvalue weighted by molar-refractivity contribution is 0.327. The fourth-order valence-corrected chi connectivity index (χ4v) is 3.14. The van der Waals surface area contributed by atoms with E-state index in [0.29, 0.717) is 12.1 Å². The Morgan fingerprint density at radius 3 is 2.82 bits per heavy atom. The molecule has 1 aromatic rings. The Balaban J connectivity index is 1.93.